The van der Waals surface area contributed by atoms with E-state index in [-0.39, 0.29) is 5.97 Å². The number of ether oxygens (including phenoxy) is 2. The highest BCUT2D eigenvalue weighted by molar-refractivity contribution is 9.10. The van der Waals surface area contributed by atoms with Crippen LogP contribution < -0.4 is 9.64 Å². The zero-order valence-electron chi connectivity index (χ0n) is 10.6. The summed E-state index contributed by atoms with van der Waals surface area (Å²) in [6.45, 7) is 3.17. The maximum atomic E-state index is 11.1. The summed E-state index contributed by atoms with van der Waals surface area (Å²) in [5.41, 5.74) is 0. The van der Waals surface area contributed by atoms with Crippen molar-refractivity contribution >= 4 is 27.8 Å². The molecule has 0 aromatic carbocycles. The van der Waals surface area contributed by atoms with Gasteiger partial charge in [-0.2, -0.15) is 4.98 Å². The predicted octanol–water partition coefficient (Wildman–Crippen LogP) is 1.64. The molecular formula is C11H16BrN3O3. The van der Waals surface area contributed by atoms with Gasteiger partial charge in [0.1, 0.15) is 0 Å². The Labute approximate surface area is 114 Å². The van der Waals surface area contributed by atoms with Gasteiger partial charge in [-0.05, 0) is 22.9 Å². The van der Waals surface area contributed by atoms with Crippen molar-refractivity contribution in [1.29, 1.82) is 0 Å². The molecule has 0 fully saturated rings. The lowest BCUT2D eigenvalue weighted by Crippen LogP contribution is -2.28. The van der Waals surface area contributed by atoms with Crippen LogP contribution in [-0.2, 0) is 9.53 Å². The Kier molecular flexibility index (Phi) is 5.84. The molecule has 0 aliphatic rings. The standard InChI is InChI=1S/C11H16BrN3O3/c1-4-15(6-5-9(16)17-2)11-13-7-8(12)10(14-11)18-3/h7H,4-6H2,1-3H3. The molecule has 7 heteroatoms. The summed E-state index contributed by atoms with van der Waals surface area (Å²) < 4.78 is 10.4. The maximum absolute atomic E-state index is 11.1. The molecule has 0 spiro atoms. The Hall–Kier alpha value is -1.37. The molecule has 6 nitrogen and oxygen atoms in total. The fourth-order valence-electron chi connectivity index (χ4n) is 1.37. The summed E-state index contributed by atoms with van der Waals surface area (Å²) in [6, 6.07) is 0. The van der Waals surface area contributed by atoms with Crippen LogP contribution in [0.2, 0.25) is 0 Å². The number of methoxy groups -OCH3 is 2. The topological polar surface area (TPSA) is 64.6 Å². The van der Waals surface area contributed by atoms with Gasteiger partial charge in [0.05, 0.1) is 31.3 Å². The van der Waals surface area contributed by atoms with Crippen LogP contribution in [0.25, 0.3) is 0 Å². The second kappa shape index (κ2) is 7.15. The van der Waals surface area contributed by atoms with Gasteiger partial charge in [0.15, 0.2) is 0 Å². The van der Waals surface area contributed by atoms with Gasteiger partial charge in [-0.15, -0.1) is 0 Å². The van der Waals surface area contributed by atoms with E-state index >= 15 is 0 Å². The summed E-state index contributed by atoms with van der Waals surface area (Å²) in [6.07, 6.45) is 1.92. The van der Waals surface area contributed by atoms with Gasteiger partial charge in [-0.1, -0.05) is 0 Å². The van der Waals surface area contributed by atoms with E-state index in [4.69, 9.17) is 4.74 Å². The molecule has 0 saturated carbocycles. The summed E-state index contributed by atoms with van der Waals surface area (Å²) in [7, 11) is 2.92. The summed E-state index contributed by atoms with van der Waals surface area (Å²) in [5, 5.41) is 0. The molecule has 1 aromatic heterocycles. The van der Waals surface area contributed by atoms with Crippen LogP contribution in [0, 0.1) is 0 Å². The van der Waals surface area contributed by atoms with Crippen molar-refractivity contribution < 1.29 is 14.3 Å². The molecule has 0 aliphatic carbocycles. The summed E-state index contributed by atoms with van der Waals surface area (Å²) in [4.78, 5) is 21.5. The molecule has 0 unspecified atom stereocenters. The molecule has 1 rings (SSSR count). The van der Waals surface area contributed by atoms with Gasteiger partial charge in [0.25, 0.3) is 0 Å². The molecule has 0 atom stereocenters. The molecule has 0 aliphatic heterocycles. The van der Waals surface area contributed by atoms with Crippen LogP contribution in [0.15, 0.2) is 10.7 Å². The molecule has 0 N–H and O–H groups in total. The number of rotatable bonds is 6. The van der Waals surface area contributed by atoms with E-state index in [1.807, 2.05) is 11.8 Å². The van der Waals surface area contributed by atoms with Crippen molar-refractivity contribution in [3.63, 3.8) is 0 Å². The van der Waals surface area contributed by atoms with Gasteiger partial charge in [0.2, 0.25) is 11.8 Å². The van der Waals surface area contributed by atoms with Crippen LogP contribution in [0.5, 0.6) is 5.88 Å². The van der Waals surface area contributed by atoms with E-state index in [2.05, 4.69) is 30.6 Å². The largest absolute Gasteiger partial charge is 0.480 e. The van der Waals surface area contributed by atoms with Crippen LogP contribution in [0.4, 0.5) is 5.95 Å². The van der Waals surface area contributed by atoms with Gasteiger partial charge >= 0.3 is 5.97 Å². The Balaban J connectivity index is 2.78. The van der Waals surface area contributed by atoms with Crippen LogP contribution in [-0.4, -0.2) is 43.2 Å². The Morgan fingerprint density at radius 2 is 2.22 bits per heavy atom. The average Bonchev–Trinajstić information content (AvgIpc) is 2.40. The van der Waals surface area contributed by atoms with E-state index in [0.29, 0.717) is 35.8 Å². The fraction of sp³-hybridized carbons (Fsp3) is 0.545. The molecule has 0 bridgehead atoms. The fourth-order valence-corrected chi connectivity index (χ4v) is 1.72. The second-order valence-electron chi connectivity index (χ2n) is 3.43. The molecule has 18 heavy (non-hydrogen) atoms. The van der Waals surface area contributed by atoms with E-state index in [1.54, 1.807) is 13.3 Å². The minimum Gasteiger partial charge on any atom is -0.480 e. The first-order valence-electron chi connectivity index (χ1n) is 5.50. The zero-order chi connectivity index (χ0) is 13.5. The minimum absolute atomic E-state index is 0.252. The molecule has 100 valence electrons. The van der Waals surface area contributed by atoms with Gasteiger partial charge in [-0.3, -0.25) is 4.79 Å². The van der Waals surface area contributed by atoms with E-state index in [9.17, 15) is 4.79 Å². The SMILES string of the molecule is CCN(CCC(=O)OC)c1ncc(Br)c(OC)n1. The van der Waals surface area contributed by atoms with Crippen LogP contribution >= 0.6 is 15.9 Å². The predicted molar refractivity (Wildman–Crippen MR) is 70.8 cm³/mol. The lowest BCUT2D eigenvalue weighted by Gasteiger charge is -2.20. The van der Waals surface area contributed by atoms with Crippen molar-refractivity contribution in [3.8, 4) is 5.88 Å². The van der Waals surface area contributed by atoms with Gasteiger partial charge < -0.3 is 14.4 Å². The highest BCUT2D eigenvalue weighted by atomic mass is 79.9. The molecule has 0 saturated heterocycles. The smallest absolute Gasteiger partial charge is 0.307 e. The van der Waals surface area contributed by atoms with Crippen molar-refractivity contribution in [3.05, 3.63) is 10.7 Å². The first-order chi connectivity index (χ1) is 8.62. The second-order valence-corrected chi connectivity index (χ2v) is 4.29. The highest BCUT2D eigenvalue weighted by Gasteiger charge is 2.12. The van der Waals surface area contributed by atoms with Crippen LogP contribution in [0.3, 0.4) is 0 Å². The summed E-state index contributed by atoms with van der Waals surface area (Å²) >= 11 is 3.29. The number of hydrogen-bond donors (Lipinski definition) is 0. The molecule has 1 heterocycles. The van der Waals surface area contributed by atoms with Crippen LogP contribution in [0.1, 0.15) is 13.3 Å². The summed E-state index contributed by atoms with van der Waals surface area (Å²) in [5.74, 6) is 0.746. The zero-order valence-corrected chi connectivity index (χ0v) is 12.2. The normalized spacial score (nSPS) is 10.0. The van der Waals surface area contributed by atoms with Crippen molar-refractivity contribution in [2.24, 2.45) is 0 Å². The van der Waals surface area contributed by atoms with Crippen molar-refractivity contribution in [2.45, 2.75) is 13.3 Å². The highest BCUT2D eigenvalue weighted by Crippen LogP contribution is 2.23. The Bertz CT molecular complexity index is 415. The van der Waals surface area contributed by atoms with E-state index in [0.717, 1.165) is 0 Å². The molecule has 0 amide bonds. The lowest BCUT2D eigenvalue weighted by molar-refractivity contribution is -0.140. The molecular weight excluding hydrogens is 302 g/mol. The van der Waals surface area contributed by atoms with E-state index < -0.39 is 0 Å². The number of carbonyl (C=O) groups excluding carboxylic acids is 1. The molecule has 1 aromatic rings. The third-order valence-corrected chi connectivity index (χ3v) is 2.91. The van der Waals surface area contributed by atoms with Gasteiger partial charge in [0, 0.05) is 13.1 Å². The first-order valence-corrected chi connectivity index (χ1v) is 6.30. The number of carbonyl (C=O) groups is 1. The number of aromatic nitrogens is 2. The number of nitrogens with zero attached hydrogens (tertiary/aromatic N) is 3. The Morgan fingerprint density at radius 3 is 2.78 bits per heavy atom. The van der Waals surface area contributed by atoms with Crippen molar-refractivity contribution in [1.82, 2.24) is 9.97 Å². The third kappa shape index (κ3) is 3.83. The third-order valence-electron chi connectivity index (χ3n) is 2.37. The lowest BCUT2D eigenvalue weighted by atomic mass is 10.4. The number of halogens is 1. The number of anilines is 1. The average molecular weight is 318 g/mol. The molecule has 0 radical (unpaired) electrons. The minimum atomic E-state index is -0.252. The quantitative estimate of drug-likeness (QED) is 0.743. The first kappa shape index (κ1) is 14.7. The van der Waals surface area contributed by atoms with Gasteiger partial charge in [-0.25, -0.2) is 4.98 Å². The monoisotopic (exact) mass is 317 g/mol. The Morgan fingerprint density at radius 1 is 1.50 bits per heavy atom. The number of esters is 1. The maximum Gasteiger partial charge on any atom is 0.307 e. The number of hydrogen-bond acceptors (Lipinski definition) is 6. The van der Waals surface area contributed by atoms with Crippen molar-refractivity contribution in [2.75, 3.05) is 32.2 Å². The van der Waals surface area contributed by atoms with E-state index in [1.165, 1.54) is 7.11 Å².